The zero-order valence-corrected chi connectivity index (χ0v) is 9.14. The Kier molecular flexibility index (Phi) is 2.18. The molecule has 0 saturated carbocycles. The molecule has 1 aliphatic heterocycles. The summed E-state index contributed by atoms with van der Waals surface area (Å²) in [4.78, 5) is 31.4. The molecule has 86 valence electrons. The van der Waals surface area contributed by atoms with Gasteiger partial charge in [-0.3, -0.25) is 9.59 Å². The number of hydrogen-bond donors (Lipinski definition) is 1. The Bertz CT molecular complexity index is 603. The van der Waals surface area contributed by atoms with Gasteiger partial charge in [0.05, 0.1) is 30.3 Å². The van der Waals surface area contributed by atoms with Crippen molar-refractivity contribution in [3.8, 4) is 0 Å². The van der Waals surface area contributed by atoms with Crippen molar-refractivity contribution in [3.63, 3.8) is 0 Å². The van der Waals surface area contributed by atoms with Gasteiger partial charge in [-0.05, 0) is 17.7 Å². The highest BCUT2D eigenvalue weighted by atomic mass is 16.2. The van der Waals surface area contributed by atoms with Crippen molar-refractivity contribution in [1.29, 1.82) is 0 Å². The standard InChI is InChI=1S/C12H11N3O2/c16-9-4-12(17)15(6-9)5-8-1-2-10-11(3-8)14-7-13-10/h1-3,7H,4-6H2,(H,13,14). The molecule has 5 nitrogen and oxygen atoms in total. The maximum Gasteiger partial charge on any atom is 0.230 e. The number of aromatic nitrogens is 2. The molecule has 2 aromatic rings. The van der Waals surface area contributed by atoms with Crippen LogP contribution in [0.25, 0.3) is 11.0 Å². The lowest BCUT2D eigenvalue weighted by molar-refractivity contribution is -0.128. The number of amides is 1. The number of carbonyl (C=O) groups is 2. The van der Waals surface area contributed by atoms with Crippen LogP contribution in [0.3, 0.4) is 0 Å². The fraction of sp³-hybridized carbons (Fsp3) is 0.250. The van der Waals surface area contributed by atoms with Crippen LogP contribution in [-0.2, 0) is 16.1 Å². The van der Waals surface area contributed by atoms with Crippen LogP contribution < -0.4 is 0 Å². The van der Waals surface area contributed by atoms with Crippen LogP contribution in [0.5, 0.6) is 0 Å². The molecule has 1 N–H and O–H groups in total. The predicted octanol–water partition coefficient (Wildman–Crippen LogP) is 0.864. The Morgan fingerprint density at radius 3 is 3.00 bits per heavy atom. The number of nitrogens with zero attached hydrogens (tertiary/aromatic N) is 2. The van der Waals surface area contributed by atoms with Crippen molar-refractivity contribution in [1.82, 2.24) is 14.9 Å². The number of carbonyl (C=O) groups excluding carboxylic acids is 2. The highest BCUT2D eigenvalue weighted by Crippen LogP contribution is 2.16. The van der Waals surface area contributed by atoms with Gasteiger partial charge in [-0.1, -0.05) is 6.07 Å². The van der Waals surface area contributed by atoms with Crippen LogP contribution in [0.15, 0.2) is 24.5 Å². The third-order valence-corrected chi connectivity index (χ3v) is 2.93. The van der Waals surface area contributed by atoms with Gasteiger partial charge in [-0.2, -0.15) is 0 Å². The highest BCUT2D eigenvalue weighted by molar-refractivity contribution is 6.05. The summed E-state index contributed by atoms with van der Waals surface area (Å²) in [6.07, 6.45) is 1.69. The SMILES string of the molecule is O=C1CC(=O)N(Cc2ccc3nc[nH]c3c2)C1. The predicted molar refractivity (Wildman–Crippen MR) is 61.1 cm³/mol. The summed E-state index contributed by atoms with van der Waals surface area (Å²) in [5, 5.41) is 0. The first-order chi connectivity index (χ1) is 8.22. The minimum atomic E-state index is -0.0836. The quantitative estimate of drug-likeness (QED) is 0.777. The third-order valence-electron chi connectivity index (χ3n) is 2.93. The largest absolute Gasteiger partial charge is 0.345 e. The van der Waals surface area contributed by atoms with Crippen molar-refractivity contribution in [2.45, 2.75) is 13.0 Å². The van der Waals surface area contributed by atoms with E-state index in [9.17, 15) is 9.59 Å². The summed E-state index contributed by atoms with van der Waals surface area (Å²) >= 11 is 0. The molecule has 1 aromatic carbocycles. The second kappa shape index (κ2) is 3.69. The molecule has 1 saturated heterocycles. The Morgan fingerprint density at radius 1 is 1.35 bits per heavy atom. The van der Waals surface area contributed by atoms with Gasteiger partial charge in [0.2, 0.25) is 5.91 Å². The molecule has 1 aliphatic rings. The normalized spacial score (nSPS) is 16.1. The zero-order valence-electron chi connectivity index (χ0n) is 9.14. The summed E-state index contributed by atoms with van der Waals surface area (Å²) in [5.41, 5.74) is 2.85. The Morgan fingerprint density at radius 2 is 2.24 bits per heavy atom. The fourth-order valence-electron chi connectivity index (χ4n) is 2.08. The maximum absolute atomic E-state index is 11.5. The number of nitrogens with one attached hydrogen (secondary N) is 1. The molecule has 17 heavy (non-hydrogen) atoms. The topological polar surface area (TPSA) is 66.1 Å². The van der Waals surface area contributed by atoms with E-state index in [0.29, 0.717) is 6.54 Å². The van der Waals surface area contributed by atoms with E-state index in [4.69, 9.17) is 0 Å². The number of rotatable bonds is 2. The molecule has 1 amide bonds. The van der Waals surface area contributed by atoms with Gasteiger partial charge < -0.3 is 9.88 Å². The molecule has 2 heterocycles. The number of aromatic amines is 1. The Hall–Kier alpha value is -2.17. The molecular formula is C12H11N3O2. The van der Waals surface area contributed by atoms with Crippen LogP contribution in [-0.4, -0.2) is 33.1 Å². The van der Waals surface area contributed by atoms with E-state index in [2.05, 4.69) is 9.97 Å². The van der Waals surface area contributed by atoms with E-state index in [0.717, 1.165) is 16.6 Å². The van der Waals surface area contributed by atoms with Crippen molar-refractivity contribution in [2.24, 2.45) is 0 Å². The first-order valence-electron chi connectivity index (χ1n) is 5.44. The maximum atomic E-state index is 11.5. The van der Waals surface area contributed by atoms with Gasteiger partial charge >= 0.3 is 0 Å². The molecule has 0 radical (unpaired) electrons. The van der Waals surface area contributed by atoms with Crippen molar-refractivity contribution < 1.29 is 9.59 Å². The summed E-state index contributed by atoms with van der Waals surface area (Å²) < 4.78 is 0. The number of fused-ring (bicyclic) bond motifs is 1. The first-order valence-corrected chi connectivity index (χ1v) is 5.44. The zero-order chi connectivity index (χ0) is 11.8. The number of imidazole rings is 1. The van der Waals surface area contributed by atoms with E-state index >= 15 is 0 Å². The summed E-state index contributed by atoms with van der Waals surface area (Å²) in [7, 11) is 0. The number of hydrogen-bond acceptors (Lipinski definition) is 3. The molecule has 0 atom stereocenters. The van der Waals surface area contributed by atoms with Crippen LogP contribution in [0.4, 0.5) is 0 Å². The van der Waals surface area contributed by atoms with Crippen molar-refractivity contribution in [3.05, 3.63) is 30.1 Å². The highest BCUT2D eigenvalue weighted by Gasteiger charge is 2.27. The molecular weight excluding hydrogens is 218 g/mol. The minimum Gasteiger partial charge on any atom is -0.345 e. The number of ketones is 1. The van der Waals surface area contributed by atoms with E-state index in [1.54, 1.807) is 11.2 Å². The van der Waals surface area contributed by atoms with Crippen LogP contribution in [0, 0.1) is 0 Å². The van der Waals surface area contributed by atoms with Crippen LogP contribution in [0.1, 0.15) is 12.0 Å². The lowest BCUT2D eigenvalue weighted by atomic mass is 10.2. The average Bonchev–Trinajstić information content (AvgIpc) is 2.85. The van der Waals surface area contributed by atoms with Gasteiger partial charge in [-0.15, -0.1) is 0 Å². The first kappa shape index (κ1) is 10.0. The van der Waals surface area contributed by atoms with E-state index in [1.807, 2.05) is 18.2 Å². The second-order valence-electron chi connectivity index (χ2n) is 4.22. The number of benzene rings is 1. The van der Waals surface area contributed by atoms with Crippen LogP contribution in [0.2, 0.25) is 0 Å². The Labute approximate surface area is 97.4 Å². The molecule has 1 aromatic heterocycles. The van der Waals surface area contributed by atoms with Gasteiger partial charge in [0.25, 0.3) is 0 Å². The molecule has 0 bridgehead atoms. The van der Waals surface area contributed by atoms with Crippen LogP contribution >= 0.6 is 0 Å². The monoisotopic (exact) mass is 229 g/mol. The molecule has 0 spiro atoms. The lowest BCUT2D eigenvalue weighted by Gasteiger charge is -2.14. The molecule has 0 unspecified atom stereocenters. The van der Waals surface area contributed by atoms with E-state index < -0.39 is 0 Å². The van der Waals surface area contributed by atoms with Gasteiger partial charge in [-0.25, -0.2) is 4.98 Å². The third kappa shape index (κ3) is 1.80. The summed E-state index contributed by atoms with van der Waals surface area (Å²) in [6, 6.07) is 5.79. The second-order valence-corrected chi connectivity index (χ2v) is 4.22. The van der Waals surface area contributed by atoms with Gasteiger partial charge in [0.15, 0.2) is 5.78 Å². The molecule has 0 aliphatic carbocycles. The number of H-pyrrole nitrogens is 1. The lowest BCUT2D eigenvalue weighted by Crippen LogP contribution is -2.24. The fourth-order valence-corrected chi connectivity index (χ4v) is 2.08. The number of likely N-dealkylation sites (tertiary alicyclic amines) is 1. The molecule has 3 rings (SSSR count). The van der Waals surface area contributed by atoms with E-state index in [-0.39, 0.29) is 24.7 Å². The van der Waals surface area contributed by atoms with Gasteiger partial charge in [0.1, 0.15) is 0 Å². The summed E-state index contributed by atoms with van der Waals surface area (Å²) in [6.45, 7) is 0.722. The van der Waals surface area contributed by atoms with E-state index in [1.165, 1.54) is 0 Å². The number of Topliss-reactive ketones (excluding diaryl/α,β-unsaturated/α-hetero) is 1. The van der Waals surface area contributed by atoms with Gasteiger partial charge in [0, 0.05) is 6.54 Å². The molecule has 5 heteroatoms. The molecule has 1 fully saturated rings. The summed E-state index contributed by atoms with van der Waals surface area (Å²) in [5.74, 6) is -0.0858. The van der Waals surface area contributed by atoms with Crippen molar-refractivity contribution >= 4 is 22.7 Å². The Balaban J connectivity index is 1.84. The van der Waals surface area contributed by atoms with Crippen molar-refractivity contribution in [2.75, 3.05) is 6.54 Å². The smallest absolute Gasteiger partial charge is 0.230 e. The average molecular weight is 229 g/mol. The minimum absolute atomic E-state index is 0.00221.